The van der Waals surface area contributed by atoms with Crippen molar-refractivity contribution in [2.45, 2.75) is 44.7 Å². The monoisotopic (exact) mass is 499 g/mol. The Labute approximate surface area is 205 Å². The second-order valence-corrected chi connectivity index (χ2v) is 9.86. The molecule has 1 saturated carbocycles. The van der Waals surface area contributed by atoms with Gasteiger partial charge in [-0.15, -0.1) is 21.5 Å². The van der Waals surface area contributed by atoms with Crippen LogP contribution in [-0.4, -0.2) is 44.9 Å². The Kier molecular flexibility index (Phi) is 7.32. The number of ether oxygens (including phenoxy) is 1. The molecule has 4 rings (SSSR count). The van der Waals surface area contributed by atoms with Gasteiger partial charge in [-0.25, -0.2) is 4.79 Å². The number of hydrogen-bond donors (Lipinski definition) is 2. The van der Waals surface area contributed by atoms with E-state index in [4.69, 9.17) is 4.74 Å². The number of thiophene rings is 1. The quantitative estimate of drug-likeness (QED) is 0.332. The third-order valence-electron chi connectivity index (χ3n) is 5.00. The average molecular weight is 500 g/mol. The summed E-state index contributed by atoms with van der Waals surface area (Å²) < 4.78 is 7.01. The van der Waals surface area contributed by atoms with E-state index >= 15 is 0 Å². The highest BCUT2D eigenvalue weighted by Crippen LogP contribution is 2.41. The molecule has 178 valence electrons. The van der Waals surface area contributed by atoms with Crippen LogP contribution < -0.4 is 10.6 Å². The van der Waals surface area contributed by atoms with Gasteiger partial charge in [0.05, 0.1) is 23.0 Å². The zero-order valence-electron chi connectivity index (χ0n) is 19.1. The van der Waals surface area contributed by atoms with Gasteiger partial charge in [0.25, 0.3) is 0 Å². The standard InChI is InChI=1S/C23H25N5O4S2/c1-4-32-22(31)20-13(2)10-19(34-20)25-18(30)12-33-23-27-26-21(15-8-9-15)28(23)17-7-5-6-16(11-17)24-14(3)29/h5-7,10-11,15H,4,8-9,12H2,1-3H3,(H,24,29)(H,25,30). The topological polar surface area (TPSA) is 115 Å². The number of hydrogen-bond acceptors (Lipinski definition) is 8. The van der Waals surface area contributed by atoms with Crippen molar-refractivity contribution in [2.24, 2.45) is 0 Å². The summed E-state index contributed by atoms with van der Waals surface area (Å²) in [6, 6.07) is 9.24. The van der Waals surface area contributed by atoms with E-state index in [1.54, 1.807) is 13.0 Å². The molecule has 1 fully saturated rings. The number of anilines is 2. The highest BCUT2D eigenvalue weighted by atomic mass is 32.2. The van der Waals surface area contributed by atoms with E-state index in [1.165, 1.54) is 30.0 Å². The largest absolute Gasteiger partial charge is 0.462 e. The lowest BCUT2D eigenvalue weighted by molar-refractivity contribution is -0.114. The summed E-state index contributed by atoms with van der Waals surface area (Å²) in [5, 5.41) is 15.6. The smallest absolute Gasteiger partial charge is 0.348 e. The minimum Gasteiger partial charge on any atom is -0.462 e. The highest BCUT2D eigenvalue weighted by Gasteiger charge is 2.31. The van der Waals surface area contributed by atoms with Gasteiger partial charge in [0.15, 0.2) is 5.16 Å². The summed E-state index contributed by atoms with van der Waals surface area (Å²) in [6.45, 7) is 5.33. The van der Waals surface area contributed by atoms with Crippen LogP contribution in [0.25, 0.3) is 5.69 Å². The Hall–Kier alpha value is -3.18. The molecule has 0 atom stereocenters. The highest BCUT2D eigenvalue weighted by molar-refractivity contribution is 7.99. The Bertz CT molecular complexity index is 1230. The maximum absolute atomic E-state index is 12.6. The molecule has 1 aliphatic carbocycles. The maximum Gasteiger partial charge on any atom is 0.348 e. The first-order valence-corrected chi connectivity index (χ1v) is 12.7. The van der Waals surface area contributed by atoms with E-state index in [2.05, 4.69) is 20.8 Å². The number of nitrogens with one attached hydrogen (secondary N) is 2. The van der Waals surface area contributed by atoms with Crippen molar-refractivity contribution in [1.29, 1.82) is 0 Å². The van der Waals surface area contributed by atoms with Crippen molar-refractivity contribution in [2.75, 3.05) is 23.0 Å². The molecule has 1 aromatic carbocycles. The Morgan fingerprint density at radius 3 is 2.71 bits per heavy atom. The lowest BCUT2D eigenvalue weighted by atomic mass is 10.2. The van der Waals surface area contributed by atoms with Gasteiger partial charge in [0.2, 0.25) is 11.8 Å². The van der Waals surface area contributed by atoms with Crippen molar-refractivity contribution in [3.8, 4) is 5.69 Å². The molecule has 3 aromatic rings. The van der Waals surface area contributed by atoms with Crippen LogP contribution in [0.15, 0.2) is 35.5 Å². The summed E-state index contributed by atoms with van der Waals surface area (Å²) in [6.07, 6.45) is 2.10. The van der Waals surface area contributed by atoms with E-state index in [0.29, 0.717) is 33.2 Å². The number of aryl methyl sites for hydroxylation is 1. The first kappa shape index (κ1) is 24.0. The number of thioether (sulfide) groups is 1. The van der Waals surface area contributed by atoms with Crippen molar-refractivity contribution in [3.05, 3.63) is 46.6 Å². The van der Waals surface area contributed by atoms with Crippen LogP contribution >= 0.6 is 23.1 Å². The Morgan fingerprint density at radius 2 is 2.00 bits per heavy atom. The summed E-state index contributed by atoms with van der Waals surface area (Å²) in [5.41, 5.74) is 2.27. The van der Waals surface area contributed by atoms with E-state index in [1.807, 2.05) is 35.8 Å². The van der Waals surface area contributed by atoms with Gasteiger partial charge in [-0.05, 0) is 56.5 Å². The number of rotatable bonds is 9. The summed E-state index contributed by atoms with van der Waals surface area (Å²) in [5.74, 6) is 0.578. The van der Waals surface area contributed by atoms with Crippen LogP contribution in [0.1, 0.15) is 53.7 Å². The molecule has 2 aromatic heterocycles. The predicted molar refractivity (Wildman–Crippen MR) is 132 cm³/mol. The van der Waals surface area contributed by atoms with Gasteiger partial charge < -0.3 is 15.4 Å². The number of aromatic nitrogens is 3. The van der Waals surface area contributed by atoms with Crippen molar-refractivity contribution in [1.82, 2.24) is 14.8 Å². The molecule has 34 heavy (non-hydrogen) atoms. The molecule has 1 aliphatic rings. The Morgan fingerprint density at radius 1 is 1.21 bits per heavy atom. The number of nitrogens with zero attached hydrogens (tertiary/aromatic N) is 3. The van der Waals surface area contributed by atoms with Gasteiger partial charge in [-0.3, -0.25) is 14.2 Å². The third-order valence-corrected chi connectivity index (χ3v) is 7.06. The molecular formula is C23H25N5O4S2. The molecular weight excluding hydrogens is 474 g/mol. The van der Waals surface area contributed by atoms with Crippen molar-refractivity contribution >= 4 is 51.6 Å². The molecule has 11 heteroatoms. The van der Waals surface area contributed by atoms with Gasteiger partial charge >= 0.3 is 5.97 Å². The Balaban J connectivity index is 1.48. The number of benzene rings is 1. The zero-order chi connectivity index (χ0) is 24.2. The van der Waals surface area contributed by atoms with Gasteiger partial charge in [-0.1, -0.05) is 17.8 Å². The molecule has 0 bridgehead atoms. The summed E-state index contributed by atoms with van der Waals surface area (Å²) >= 11 is 2.48. The average Bonchev–Trinajstić information content (AvgIpc) is 3.44. The van der Waals surface area contributed by atoms with Crippen LogP contribution in [0.5, 0.6) is 0 Å². The van der Waals surface area contributed by atoms with Crippen molar-refractivity contribution < 1.29 is 19.1 Å². The molecule has 2 heterocycles. The second-order valence-electron chi connectivity index (χ2n) is 7.86. The fraction of sp³-hybridized carbons (Fsp3) is 0.348. The van der Waals surface area contributed by atoms with E-state index in [-0.39, 0.29) is 23.5 Å². The van der Waals surface area contributed by atoms with Crippen LogP contribution in [0.4, 0.5) is 10.7 Å². The number of carbonyl (C=O) groups excluding carboxylic acids is 3. The van der Waals surface area contributed by atoms with E-state index in [0.717, 1.165) is 29.9 Å². The van der Waals surface area contributed by atoms with Gasteiger partial charge in [-0.2, -0.15) is 0 Å². The maximum atomic E-state index is 12.6. The third kappa shape index (κ3) is 5.65. The second kappa shape index (κ2) is 10.4. The predicted octanol–water partition coefficient (Wildman–Crippen LogP) is 4.38. The van der Waals surface area contributed by atoms with Crippen LogP contribution in [0.3, 0.4) is 0 Å². The molecule has 9 nitrogen and oxygen atoms in total. The lowest BCUT2D eigenvalue weighted by Gasteiger charge is -2.11. The lowest BCUT2D eigenvalue weighted by Crippen LogP contribution is -2.14. The molecule has 2 amide bonds. The fourth-order valence-corrected chi connectivity index (χ4v) is 5.14. The van der Waals surface area contributed by atoms with Crippen LogP contribution in [0, 0.1) is 6.92 Å². The van der Waals surface area contributed by atoms with E-state index < -0.39 is 0 Å². The van der Waals surface area contributed by atoms with Crippen molar-refractivity contribution in [3.63, 3.8) is 0 Å². The number of esters is 1. The number of amides is 2. The SMILES string of the molecule is CCOC(=O)c1sc(NC(=O)CSc2nnc(C3CC3)n2-c2cccc(NC(C)=O)c2)cc1C. The van der Waals surface area contributed by atoms with Crippen LogP contribution in [0.2, 0.25) is 0 Å². The van der Waals surface area contributed by atoms with E-state index in [9.17, 15) is 14.4 Å². The molecule has 2 N–H and O–H groups in total. The molecule has 0 unspecified atom stereocenters. The molecule has 0 aliphatic heterocycles. The summed E-state index contributed by atoms with van der Waals surface area (Å²) in [4.78, 5) is 36.6. The normalized spacial score (nSPS) is 12.9. The van der Waals surface area contributed by atoms with Crippen LogP contribution in [-0.2, 0) is 14.3 Å². The minimum atomic E-state index is -0.387. The number of carbonyl (C=O) groups is 3. The molecule has 0 saturated heterocycles. The zero-order valence-corrected chi connectivity index (χ0v) is 20.7. The first-order valence-electron chi connectivity index (χ1n) is 10.9. The molecule has 0 radical (unpaired) electrons. The summed E-state index contributed by atoms with van der Waals surface area (Å²) in [7, 11) is 0. The first-order chi connectivity index (χ1) is 16.4. The van der Waals surface area contributed by atoms with Gasteiger partial charge in [0, 0.05) is 18.5 Å². The minimum absolute atomic E-state index is 0.125. The fourth-order valence-electron chi connectivity index (χ4n) is 3.40. The molecule has 0 spiro atoms. The van der Waals surface area contributed by atoms with Gasteiger partial charge in [0.1, 0.15) is 10.7 Å².